The molecular weight excluding hydrogens is 537 g/mol. The zero-order chi connectivity index (χ0) is 26.9. The van der Waals surface area contributed by atoms with Gasteiger partial charge in [-0.1, -0.05) is 74.6 Å². The molecule has 1 aromatic heterocycles. The predicted molar refractivity (Wildman–Crippen MR) is 156 cm³/mol. The average molecular weight is 567 g/mol. The highest BCUT2D eigenvalue weighted by atomic mass is 32.2. The number of carbonyl (C=O) groups excluding carboxylic acids is 1. The third-order valence-electron chi connectivity index (χ3n) is 6.53. The Morgan fingerprint density at radius 1 is 1.05 bits per heavy atom. The van der Waals surface area contributed by atoms with E-state index in [1.54, 1.807) is 32.1 Å². The molecule has 2 saturated heterocycles. The maximum Gasteiger partial charge on any atom is 0.266 e. The van der Waals surface area contributed by atoms with Crippen molar-refractivity contribution < 1.29 is 13.2 Å². The van der Waals surface area contributed by atoms with Crippen LogP contribution in [0.5, 0.6) is 0 Å². The summed E-state index contributed by atoms with van der Waals surface area (Å²) in [6.45, 7) is 5.75. The van der Waals surface area contributed by atoms with Crippen molar-refractivity contribution in [1.29, 1.82) is 0 Å². The lowest BCUT2D eigenvalue weighted by molar-refractivity contribution is -0.122. The van der Waals surface area contributed by atoms with Gasteiger partial charge in [0.15, 0.2) is 0 Å². The standard InChI is InChI=1S/C28H30N4O3S3/c1-20(2)18-31-27(33)25(37-28(31)36)17-22-19-32(23-11-5-3-6-12-23)29-26(22)21-10-9-13-24(16-21)38(34,35)30-14-7-4-8-15-30/h3,5-6,9-13,16-17,19-20H,4,7-8,14-15,18H2,1-2H3. The normalized spacial score (nSPS) is 18.2. The number of carbonyl (C=O) groups is 1. The van der Waals surface area contributed by atoms with E-state index in [1.807, 2.05) is 48.7 Å². The fourth-order valence-corrected chi connectivity index (χ4v) is 7.48. The maximum atomic E-state index is 13.4. The summed E-state index contributed by atoms with van der Waals surface area (Å²) in [6, 6.07) is 16.6. The zero-order valence-corrected chi connectivity index (χ0v) is 23.9. The molecule has 2 aromatic carbocycles. The lowest BCUT2D eigenvalue weighted by atomic mass is 10.1. The van der Waals surface area contributed by atoms with Gasteiger partial charge in [-0.25, -0.2) is 13.1 Å². The van der Waals surface area contributed by atoms with E-state index in [-0.39, 0.29) is 16.7 Å². The molecule has 0 unspecified atom stereocenters. The van der Waals surface area contributed by atoms with Gasteiger partial charge < -0.3 is 0 Å². The lowest BCUT2D eigenvalue weighted by Gasteiger charge is -2.26. The van der Waals surface area contributed by atoms with Crippen LogP contribution in [0.1, 0.15) is 38.7 Å². The number of thiocarbonyl (C=S) groups is 1. The molecule has 7 nitrogen and oxygen atoms in total. The number of aromatic nitrogens is 2. The van der Waals surface area contributed by atoms with Gasteiger partial charge in [0.25, 0.3) is 5.91 Å². The number of para-hydroxylation sites is 1. The monoisotopic (exact) mass is 566 g/mol. The summed E-state index contributed by atoms with van der Waals surface area (Å²) in [4.78, 5) is 15.6. The van der Waals surface area contributed by atoms with Crippen molar-refractivity contribution in [2.45, 2.75) is 38.0 Å². The fraction of sp³-hybridized carbons (Fsp3) is 0.321. The predicted octanol–water partition coefficient (Wildman–Crippen LogP) is 5.57. The molecule has 5 rings (SSSR count). The van der Waals surface area contributed by atoms with E-state index in [9.17, 15) is 13.2 Å². The van der Waals surface area contributed by atoms with Gasteiger partial charge in [-0.15, -0.1) is 0 Å². The highest BCUT2D eigenvalue weighted by Gasteiger charge is 2.33. The summed E-state index contributed by atoms with van der Waals surface area (Å²) in [5, 5.41) is 4.84. The number of hydrogen-bond acceptors (Lipinski definition) is 6. The van der Waals surface area contributed by atoms with E-state index >= 15 is 0 Å². The summed E-state index contributed by atoms with van der Waals surface area (Å²) >= 11 is 6.78. The van der Waals surface area contributed by atoms with Gasteiger partial charge in [0, 0.05) is 37.0 Å². The number of hydrogen-bond donors (Lipinski definition) is 0. The van der Waals surface area contributed by atoms with Crippen LogP contribution >= 0.6 is 24.0 Å². The van der Waals surface area contributed by atoms with Gasteiger partial charge >= 0.3 is 0 Å². The summed E-state index contributed by atoms with van der Waals surface area (Å²) in [5.74, 6) is 0.173. The number of benzene rings is 2. The van der Waals surface area contributed by atoms with E-state index in [0.29, 0.717) is 45.7 Å². The molecule has 10 heteroatoms. The second kappa shape index (κ2) is 11.1. The first-order valence-electron chi connectivity index (χ1n) is 12.7. The Morgan fingerprint density at radius 3 is 2.50 bits per heavy atom. The van der Waals surface area contributed by atoms with Crippen molar-refractivity contribution in [3.05, 3.63) is 71.3 Å². The van der Waals surface area contributed by atoms with E-state index in [2.05, 4.69) is 13.8 Å². The second-order valence-corrected chi connectivity index (χ2v) is 13.5. The molecule has 3 aromatic rings. The molecule has 3 heterocycles. The van der Waals surface area contributed by atoms with E-state index in [0.717, 1.165) is 24.9 Å². The Bertz CT molecular complexity index is 1490. The topological polar surface area (TPSA) is 75.5 Å². The third-order valence-corrected chi connectivity index (χ3v) is 9.80. The highest BCUT2D eigenvalue weighted by Crippen LogP contribution is 2.36. The summed E-state index contributed by atoms with van der Waals surface area (Å²) in [5.41, 5.74) is 2.84. The van der Waals surface area contributed by atoms with Crippen LogP contribution in [0.25, 0.3) is 23.0 Å². The molecule has 0 atom stereocenters. The number of piperidine rings is 1. The Hall–Kier alpha value is -2.79. The lowest BCUT2D eigenvalue weighted by Crippen LogP contribution is -2.35. The Labute approximate surface area is 233 Å². The first-order chi connectivity index (χ1) is 18.2. The first-order valence-corrected chi connectivity index (χ1v) is 15.4. The number of thioether (sulfide) groups is 1. The van der Waals surface area contributed by atoms with Crippen molar-refractivity contribution in [3.63, 3.8) is 0 Å². The van der Waals surface area contributed by atoms with Crippen molar-refractivity contribution in [2.24, 2.45) is 5.92 Å². The second-order valence-electron chi connectivity index (χ2n) is 9.89. The van der Waals surface area contributed by atoms with E-state index in [4.69, 9.17) is 17.3 Å². The molecule has 2 aliphatic heterocycles. The molecule has 2 fully saturated rings. The molecule has 0 spiro atoms. The number of amides is 1. The Morgan fingerprint density at radius 2 is 1.79 bits per heavy atom. The van der Waals surface area contributed by atoms with Crippen molar-refractivity contribution in [1.82, 2.24) is 19.0 Å². The largest absolute Gasteiger partial charge is 0.293 e. The van der Waals surface area contributed by atoms with Crippen LogP contribution in [0, 0.1) is 5.92 Å². The van der Waals surface area contributed by atoms with E-state index < -0.39 is 10.0 Å². The summed E-state index contributed by atoms with van der Waals surface area (Å²) < 4.78 is 30.6. The molecular formula is C28H30N4O3S3. The number of nitrogens with zero attached hydrogens (tertiary/aromatic N) is 4. The Balaban J connectivity index is 1.57. The molecule has 2 aliphatic rings. The van der Waals surface area contributed by atoms with Gasteiger partial charge in [0.1, 0.15) is 10.0 Å². The quantitative estimate of drug-likeness (QED) is 0.275. The van der Waals surface area contributed by atoms with Crippen LogP contribution in [0.15, 0.2) is 70.6 Å². The minimum Gasteiger partial charge on any atom is -0.293 e. The van der Waals surface area contributed by atoms with Crippen molar-refractivity contribution in [3.8, 4) is 16.9 Å². The van der Waals surface area contributed by atoms with Crippen LogP contribution in [0.2, 0.25) is 0 Å². The molecule has 0 radical (unpaired) electrons. The van der Waals surface area contributed by atoms with Crippen LogP contribution in [-0.2, 0) is 14.8 Å². The van der Waals surface area contributed by atoms with Gasteiger partial charge in [0.2, 0.25) is 10.0 Å². The average Bonchev–Trinajstić information content (AvgIpc) is 3.46. The Kier molecular flexibility index (Phi) is 7.85. The van der Waals surface area contributed by atoms with Crippen LogP contribution in [0.3, 0.4) is 0 Å². The van der Waals surface area contributed by atoms with Gasteiger partial charge in [-0.3, -0.25) is 9.69 Å². The van der Waals surface area contributed by atoms with Crippen molar-refractivity contribution >= 4 is 50.3 Å². The molecule has 0 bridgehead atoms. The van der Waals surface area contributed by atoms with Crippen LogP contribution in [-0.4, -0.2) is 57.3 Å². The molecule has 38 heavy (non-hydrogen) atoms. The number of sulfonamides is 1. The smallest absolute Gasteiger partial charge is 0.266 e. The molecule has 0 saturated carbocycles. The molecule has 1 amide bonds. The number of rotatable bonds is 7. The van der Waals surface area contributed by atoms with Crippen molar-refractivity contribution in [2.75, 3.05) is 19.6 Å². The molecule has 0 aliphatic carbocycles. The van der Waals surface area contributed by atoms with Gasteiger partial charge in [-0.05, 0) is 49.1 Å². The highest BCUT2D eigenvalue weighted by molar-refractivity contribution is 8.26. The molecule has 198 valence electrons. The van der Waals surface area contributed by atoms with E-state index in [1.165, 1.54) is 11.8 Å². The summed E-state index contributed by atoms with van der Waals surface area (Å²) in [7, 11) is -3.61. The van der Waals surface area contributed by atoms with Crippen LogP contribution in [0.4, 0.5) is 0 Å². The maximum absolute atomic E-state index is 13.4. The molecule has 0 N–H and O–H groups in total. The summed E-state index contributed by atoms with van der Waals surface area (Å²) in [6.07, 6.45) is 6.48. The first kappa shape index (κ1) is 26.8. The van der Waals surface area contributed by atoms with Crippen LogP contribution < -0.4 is 0 Å². The minimum atomic E-state index is -3.61. The van der Waals surface area contributed by atoms with Gasteiger partial charge in [-0.2, -0.15) is 9.40 Å². The SMILES string of the molecule is CC(C)CN1C(=O)C(=Cc2cn(-c3ccccc3)nc2-c2cccc(S(=O)(=O)N3CCCCC3)c2)SC1=S. The van der Waals surface area contributed by atoms with Gasteiger partial charge in [0.05, 0.1) is 15.5 Å². The zero-order valence-electron chi connectivity index (χ0n) is 21.4. The fourth-order valence-electron chi connectivity index (χ4n) is 4.65. The minimum absolute atomic E-state index is 0.117. The third kappa shape index (κ3) is 5.49.